The second-order valence-corrected chi connectivity index (χ2v) is 5.96. The molecule has 1 saturated heterocycles. The summed E-state index contributed by atoms with van der Waals surface area (Å²) in [6.07, 6.45) is 0.640. The van der Waals surface area contributed by atoms with E-state index in [1.165, 1.54) is 11.4 Å². The molecule has 0 radical (unpaired) electrons. The minimum atomic E-state index is -0.182. The largest absolute Gasteiger partial charge is 0.393 e. The molecule has 2 atom stereocenters. The van der Waals surface area contributed by atoms with Crippen LogP contribution in [0.2, 0.25) is 0 Å². The van der Waals surface area contributed by atoms with E-state index in [4.69, 9.17) is 4.74 Å². The second-order valence-electron chi connectivity index (χ2n) is 5.96. The molecule has 6 heteroatoms. The molecular weight excluding hydrogens is 268 g/mol. The Bertz CT molecular complexity index is 461. The average Bonchev–Trinajstić information content (AvgIpc) is 2.72. The normalized spacial score (nSPS) is 22.8. The molecule has 1 aromatic heterocycles. The van der Waals surface area contributed by atoms with Crippen molar-refractivity contribution in [2.45, 2.75) is 32.9 Å². The monoisotopic (exact) mass is 296 g/mol. The van der Waals surface area contributed by atoms with E-state index in [0.717, 1.165) is 38.3 Å². The number of aliphatic hydroxyl groups excluding tert-OH is 1. The molecule has 2 heterocycles. The molecule has 0 aromatic carbocycles. The summed E-state index contributed by atoms with van der Waals surface area (Å²) in [5.41, 5.74) is 2.31. The van der Waals surface area contributed by atoms with Crippen LogP contribution < -0.4 is 10.2 Å². The summed E-state index contributed by atoms with van der Waals surface area (Å²) in [5, 5.41) is 17.9. The van der Waals surface area contributed by atoms with Gasteiger partial charge in [0.1, 0.15) is 5.82 Å². The van der Waals surface area contributed by atoms with Gasteiger partial charge in [-0.3, -0.25) is 4.68 Å². The predicted molar refractivity (Wildman–Crippen MR) is 83.5 cm³/mol. The quantitative estimate of drug-likeness (QED) is 0.756. The van der Waals surface area contributed by atoms with E-state index in [9.17, 15) is 5.11 Å². The van der Waals surface area contributed by atoms with Crippen LogP contribution in [-0.4, -0.2) is 54.3 Å². The molecule has 0 bridgehead atoms. The van der Waals surface area contributed by atoms with Crippen LogP contribution in [0.3, 0.4) is 0 Å². The van der Waals surface area contributed by atoms with Crippen molar-refractivity contribution < 1.29 is 9.84 Å². The molecule has 0 saturated carbocycles. The molecule has 120 valence electrons. The van der Waals surface area contributed by atoms with E-state index >= 15 is 0 Å². The molecule has 1 fully saturated rings. The number of aromatic nitrogens is 2. The highest BCUT2D eigenvalue weighted by Crippen LogP contribution is 2.28. The number of aliphatic hydroxyl groups is 1. The van der Waals surface area contributed by atoms with Crippen molar-refractivity contribution >= 4 is 5.82 Å². The molecule has 0 amide bonds. The second kappa shape index (κ2) is 7.24. The molecule has 2 N–H and O–H groups in total. The average molecular weight is 296 g/mol. The summed E-state index contributed by atoms with van der Waals surface area (Å²) < 4.78 is 7.03. The van der Waals surface area contributed by atoms with E-state index in [1.54, 1.807) is 7.11 Å². The lowest BCUT2D eigenvalue weighted by molar-refractivity contribution is 0.0966. The summed E-state index contributed by atoms with van der Waals surface area (Å²) in [4.78, 5) is 2.35. The van der Waals surface area contributed by atoms with E-state index in [0.29, 0.717) is 12.5 Å². The number of methoxy groups -OCH3 is 1. The highest BCUT2D eigenvalue weighted by Gasteiger charge is 2.28. The van der Waals surface area contributed by atoms with Crippen LogP contribution in [0.25, 0.3) is 0 Å². The lowest BCUT2D eigenvalue weighted by Crippen LogP contribution is -2.43. The van der Waals surface area contributed by atoms with Gasteiger partial charge in [0.2, 0.25) is 0 Å². The number of hydrogen-bond donors (Lipinski definition) is 2. The number of nitrogens with zero attached hydrogens (tertiary/aromatic N) is 3. The summed E-state index contributed by atoms with van der Waals surface area (Å²) in [6.45, 7) is 8.27. The van der Waals surface area contributed by atoms with Gasteiger partial charge in [-0.15, -0.1) is 0 Å². The van der Waals surface area contributed by atoms with Gasteiger partial charge in [-0.1, -0.05) is 6.92 Å². The van der Waals surface area contributed by atoms with Gasteiger partial charge >= 0.3 is 0 Å². The molecule has 1 aromatic rings. The summed E-state index contributed by atoms with van der Waals surface area (Å²) >= 11 is 0. The number of nitrogens with one attached hydrogen (secondary N) is 1. The van der Waals surface area contributed by atoms with Crippen molar-refractivity contribution in [3.05, 3.63) is 11.3 Å². The fourth-order valence-electron chi connectivity index (χ4n) is 3.01. The molecule has 2 unspecified atom stereocenters. The Morgan fingerprint density at radius 1 is 1.48 bits per heavy atom. The molecule has 1 aliphatic rings. The summed E-state index contributed by atoms with van der Waals surface area (Å²) in [5.74, 6) is 1.47. The van der Waals surface area contributed by atoms with Gasteiger partial charge in [0.25, 0.3) is 0 Å². The molecule has 21 heavy (non-hydrogen) atoms. The number of anilines is 1. The third-order valence-corrected chi connectivity index (χ3v) is 4.26. The van der Waals surface area contributed by atoms with Crippen LogP contribution in [0, 0.1) is 12.8 Å². The van der Waals surface area contributed by atoms with Crippen molar-refractivity contribution in [1.29, 1.82) is 0 Å². The Balaban J connectivity index is 2.11. The maximum absolute atomic E-state index is 9.91. The molecule has 0 spiro atoms. The lowest BCUT2D eigenvalue weighted by atomic mass is 9.96. The van der Waals surface area contributed by atoms with Crippen molar-refractivity contribution in [3.8, 4) is 0 Å². The highest BCUT2D eigenvalue weighted by molar-refractivity contribution is 5.50. The number of piperidine rings is 1. The molecule has 1 aliphatic heterocycles. The zero-order valence-electron chi connectivity index (χ0n) is 13.6. The first-order valence-electron chi connectivity index (χ1n) is 7.69. The van der Waals surface area contributed by atoms with Crippen LogP contribution in [0.5, 0.6) is 0 Å². The zero-order chi connectivity index (χ0) is 15.4. The van der Waals surface area contributed by atoms with Gasteiger partial charge < -0.3 is 20.1 Å². The number of ether oxygens (including phenoxy) is 1. The zero-order valence-corrected chi connectivity index (χ0v) is 13.6. The maximum Gasteiger partial charge on any atom is 0.131 e. The van der Waals surface area contributed by atoms with Gasteiger partial charge in [-0.25, -0.2) is 0 Å². The van der Waals surface area contributed by atoms with Crippen LogP contribution in [-0.2, 0) is 18.3 Å². The van der Waals surface area contributed by atoms with Gasteiger partial charge in [0.05, 0.1) is 18.4 Å². The third kappa shape index (κ3) is 3.75. The highest BCUT2D eigenvalue weighted by atomic mass is 16.5. The number of hydrogen-bond acceptors (Lipinski definition) is 5. The maximum atomic E-state index is 9.91. The van der Waals surface area contributed by atoms with Crippen molar-refractivity contribution in [1.82, 2.24) is 15.1 Å². The van der Waals surface area contributed by atoms with Gasteiger partial charge in [-0.05, 0) is 19.3 Å². The van der Waals surface area contributed by atoms with Crippen LogP contribution >= 0.6 is 0 Å². The Morgan fingerprint density at radius 3 is 2.90 bits per heavy atom. The Kier molecular flexibility index (Phi) is 5.61. The minimum absolute atomic E-state index is 0.182. The molecular formula is C15H28N4O2. The first-order valence-corrected chi connectivity index (χ1v) is 7.69. The standard InChI is InChI=1S/C15H28N4O2/c1-11-10-19(7-5-14(11)20)15-13(9-16-6-8-21-4)12(2)17-18(15)3/h11,14,16,20H,5-10H2,1-4H3. The van der Waals surface area contributed by atoms with E-state index < -0.39 is 0 Å². The Morgan fingerprint density at radius 2 is 2.24 bits per heavy atom. The topological polar surface area (TPSA) is 62.5 Å². The smallest absolute Gasteiger partial charge is 0.131 e. The Hall–Kier alpha value is -1.11. The summed E-state index contributed by atoms with van der Waals surface area (Å²) in [7, 11) is 3.71. The van der Waals surface area contributed by atoms with Gasteiger partial charge in [-0.2, -0.15) is 5.10 Å². The lowest BCUT2D eigenvalue weighted by Gasteiger charge is -2.36. The first-order chi connectivity index (χ1) is 10.0. The van der Waals surface area contributed by atoms with Crippen LogP contribution in [0.15, 0.2) is 0 Å². The SMILES string of the molecule is COCCNCc1c(C)nn(C)c1N1CCC(O)C(C)C1. The van der Waals surface area contributed by atoms with E-state index in [-0.39, 0.29) is 6.10 Å². The van der Waals surface area contributed by atoms with Crippen molar-refractivity contribution in [2.75, 3.05) is 38.3 Å². The van der Waals surface area contributed by atoms with Crippen LogP contribution in [0.1, 0.15) is 24.6 Å². The van der Waals surface area contributed by atoms with Crippen molar-refractivity contribution in [2.24, 2.45) is 13.0 Å². The van der Waals surface area contributed by atoms with Gasteiger partial charge in [0, 0.05) is 45.9 Å². The minimum Gasteiger partial charge on any atom is -0.393 e. The van der Waals surface area contributed by atoms with Gasteiger partial charge in [0.15, 0.2) is 0 Å². The number of aryl methyl sites for hydroxylation is 2. The fraction of sp³-hybridized carbons (Fsp3) is 0.800. The van der Waals surface area contributed by atoms with E-state index in [2.05, 4.69) is 29.2 Å². The summed E-state index contributed by atoms with van der Waals surface area (Å²) in [6, 6.07) is 0. The van der Waals surface area contributed by atoms with Crippen molar-refractivity contribution in [3.63, 3.8) is 0 Å². The third-order valence-electron chi connectivity index (χ3n) is 4.26. The predicted octanol–water partition coefficient (Wildman–Crippen LogP) is 0.672. The van der Waals surface area contributed by atoms with E-state index in [1.807, 2.05) is 11.7 Å². The molecule has 2 rings (SSSR count). The number of rotatable bonds is 6. The Labute approximate surface area is 127 Å². The first kappa shape index (κ1) is 16.3. The van der Waals surface area contributed by atoms with Crippen LogP contribution in [0.4, 0.5) is 5.82 Å². The fourth-order valence-corrected chi connectivity index (χ4v) is 3.01. The molecule has 0 aliphatic carbocycles. The molecule has 6 nitrogen and oxygen atoms in total.